The molecule has 6 heteroatoms. The summed E-state index contributed by atoms with van der Waals surface area (Å²) in [5, 5.41) is 2.98. The van der Waals surface area contributed by atoms with Crippen LogP contribution in [0.4, 0.5) is 0 Å². The molecule has 0 fully saturated rings. The van der Waals surface area contributed by atoms with Crippen molar-refractivity contribution in [1.29, 1.82) is 0 Å². The van der Waals surface area contributed by atoms with Crippen LogP contribution in [0.25, 0.3) is 0 Å². The first-order chi connectivity index (χ1) is 11.6. The van der Waals surface area contributed by atoms with Crippen molar-refractivity contribution in [2.75, 3.05) is 33.5 Å². The van der Waals surface area contributed by atoms with E-state index in [0.717, 1.165) is 22.2 Å². The molecule has 0 saturated heterocycles. The predicted molar refractivity (Wildman–Crippen MR) is 96.5 cm³/mol. The van der Waals surface area contributed by atoms with Crippen LogP contribution in [0.3, 0.4) is 0 Å². The smallest absolute Gasteiger partial charge is 0.220 e. The summed E-state index contributed by atoms with van der Waals surface area (Å²) in [6, 6.07) is 11.7. The minimum atomic E-state index is 0.0400. The standard InChI is InChI=1S/C18H24N2O3S/c1-20(2)16(17-5-4-11-23-17)13-19-18(21)10-12-24-15-8-6-14(22-3)7-9-15/h4-9,11,16H,10,12-13H2,1-3H3,(H,19,21). The second-order valence-electron chi connectivity index (χ2n) is 5.57. The van der Waals surface area contributed by atoms with Crippen molar-refractivity contribution < 1.29 is 13.9 Å². The Kier molecular flexibility index (Phi) is 7.21. The maximum absolute atomic E-state index is 12.0. The third kappa shape index (κ3) is 5.62. The van der Waals surface area contributed by atoms with E-state index in [0.29, 0.717) is 13.0 Å². The van der Waals surface area contributed by atoms with E-state index in [1.165, 1.54) is 0 Å². The van der Waals surface area contributed by atoms with Crippen molar-refractivity contribution in [3.05, 3.63) is 48.4 Å². The lowest BCUT2D eigenvalue weighted by Gasteiger charge is -2.22. The predicted octanol–water partition coefficient (Wildman–Crippen LogP) is 3.19. The summed E-state index contributed by atoms with van der Waals surface area (Å²) in [5.74, 6) is 2.48. The first kappa shape index (κ1) is 18.4. The van der Waals surface area contributed by atoms with Gasteiger partial charge in [-0.3, -0.25) is 9.69 Å². The average molecular weight is 348 g/mol. The van der Waals surface area contributed by atoms with Crippen LogP contribution in [-0.4, -0.2) is 44.3 Å². The van der Waals surface area contributed by atoms with Gasteiger partial charge in [0.1, 0.15) is 11.5 Å². The maximum Gasteiger partial charge on any atom is 0.220 e. The van der Waals surface area contributed by atoms with E-state index in [1.807, 2.05) is 55.4 Å². The van der Waals surface area contributed by atoms with Crippen molar-refractivity contribution in [2.45, 2.75) is 17.4 Å². The summed E-state index contributed by atoms with van der Waals surface area (Å²) in [5.41, 5.74) is 0. The van der Waals surface area contributed by atoms with Crippen LogP contribution < -0.4 is 10.1 Å². The quantitative estimate of drug-likeness (QED) is 0.705. The number of nitrogens with zero attached hydrogens (tertiary/aromatic N) is 1. The number of hydrogen-bond acceptors (Lipinski definition) is 5. The molecule has 5 nitrogen and oxygen atoms in total. The monoisotopic (exact) mass is 348 g/mol. The van der Waals surface area contributed by atoms with Crippen LogP contribution in [0.1, 0.15) is 18.2 Å². The maximum atomic E-state index is 12.0. The summed E-state index contributed by atoms with van der Waals surface area (Å²) in [7, 11) is 5.59. The Morgan fingerprint density at radius 1 is 1.29 bits per heavy atom. The van der Waals surface area contributed by atoms with E-state index < -0.39 is 0 Å². The highest BCUT2D eigenvalue weighted by Crippen LogP contribution is 2.22. The third-order valence-corrected chi connectivity index (χ3v) is 4.66. The SMILES string of the molecule is COc1ccc(SCCC(=O)NCC(c2ccco2)N(C)C)cc1. The van der Waals surface area contributed by atoms with Gasteiger partial charge in [-0.05, 0) is 50.5 Å². The summed E-state index contributed by atoms with van der Waals surface area (Å²) in [6.07, 6.45) is 2.13. The lowest BCUT2D eigenvalue weighted by Crippen LogP contribution is -2.34. The first-order valence-electron chi connectivity index (χ1n) is 7.83. The highest BCUT2D eigenvalue weighted by Gasteiger charge is 2.17. The molecule has 0 radical (unpaired) electrons. The summed E-state index contributed by atoms with van der Waals surface area (Å²) in [4.78, 5) is 15.2. The van der Waals surface area contributed by atoms with E-state index in [9.17, 15) is 4.79 Å². The van der Waals surface area contributed by atoms with Gasteiger partial charge in [-0.15, -0.1) is 11.8 Å². The molecule has 0 bridgehead atoms. The van der Waals surface area contributed by atoms with Gasteiger partial charge in [0.25, 0.3) is 0 Å². The van der Waals surface area contributed by atoms with Crippen LogP contribution in [0.5, 0.6) is 5.75 Å². The number of methoxy groups -OCH3 is 1. The zero-order chi connectivity index (χ0) is 17.4. The van der Waals surface area contributed by atoms with Gasteiger partial charge in [0.15, 0.2) is 0 Å². The Hall–Kier alpha value is -1.92. The lowest BCUT2D eigenvalue weighted by molar-refractivity contribution is -0.120. The number of benzene rings is 1. The highest BCUT2D eigenvalue weighted by atomic mass is 32.2. The average Bonchev–Trinajstić information content (AvgIpc) is 3.09. The van der Waals surface area contributed by atoms with E-state index >= 15 is 0 Å². The van der Waals surface area contributed by atoms with Crippen molar-refractivity contribution in [3.63, 3.8) is 0 Å². The molecule has 130 valence electrons. The second kappa shape index (κ2) is 9.39. The molecule has 1 amide bonds. The number of likely N-dealkylation sites (N-methyl/N-ethyl adjacent to an activating group) is 1. The minimum Gasteiger partial charge on any atom is -0.497 e. The number of carbonyl (C=O) groups is 1. The Morgan fingerprint density at radius 3 is 2.62 bits per heavy atom. The topological polar surface area (TPSA) is 54.7 Å². The highest BCUT2D eigenvalue weighted by molar-refractivity contribution is 7.99. The Labute approximate surface area is 147 Å². The first-order valence-corrected chi connectivity index (χ1v) is 8.82. The molecular formula is C18H24N2O3S. The van der Waals surface area contributed by atoms with Gasteiger partial charge in [-0.2, -0.15) is 0 Å². The number of nitrogens with one attached hydrogen (secondary N) is 1. The molecule has 0 aliphatic rings. The van der Waals surface area contributed by atoms with Gasteiger partial charge in [0.05, 0.1) is 19.4 Å². The van der Waals surface area contributed by atoms with Crippen molar-refractivity contribution in [2.24, 2.45) is 0 Å². The molecule has 1 aromatic carbocycles. The number of thioether (sulfide) groups is 1. The van der Waals surface area contributed by atoms with Crippen LogP contribution in [0.2, 0.25) is 0 Å². The van der Waals surface area contributed by atoms with Crippen molar-refractivity contribution in [1.82, 2.24) is 10.2 Å². The number of hydrogen-bond donors (Lipinski definition) is 1. The van der Waals surface area contributed by atoms with Crippen LogP contribution in [-0.2, 0) is 4.79 Å². The molecule has 24 heavy (non-hydrogen) atoms. The van der Waals surface area contributed by atoms with Crippen molar-refractivity contribution >= 4 is 17.7 Å². The van der Waals surface area contributed by atoms with Crippen LogP contribution >= 0.6 is 11.8 Å². The zero-order valence-corrected chi connectivity index (χ0v) is 15.1. The fourth-order valence-corrected chi connectivity index (χ4v) is 3.10. The Bertz CT molecular complexity index is 612. The molecule has 1 aromatic heterocycles. The molecule has 1 atom stereocenters. The molecule has 0 spiro atoms. The fourth-order valence-electron chi connectivity index (χ4n) is 2.25. The number of rotatable bonds is 9. The van der Waals surface area contributed by atoms with Gasteiger partial charge in [-0.1, -0.05) is 0 Å². The van der Waals surface area contributed by atoms with Gasteiger partial charge in [0.2, 0.25) is 5.91 Å². The van der Waals surface area contributed by atoms with E-state index in [1.54, 1.807) is 25.1 Å². The summed E-state index contributed by atoms with van der Waals surface area (Å²) < 4.78 is 10.6. The van der Waals surface area contributed by atoms with E-state index in [4.69, 9.17) is 9.15 Å². The van der Waals surface area contributed by atoms with Crippen molar-refractivity contribution in [3.8, 4) is 5.75 Å². The minimum absolute atomic E-state index is 0.0400. The summed E-state index contributed by atoms with van der Waals surface area (Å²) in [6.45, 7) is 0.534. The van der Waals surface area contributed by atoms with Crippen LogP contribution in [0, 0.1) is 0 Å². The number of furan rings is 1. The van der Waals surface area contributed by atoms with E-state index in [2.05, 4.69) is 5.32 Å². The molecule has 0 saturated carbocycles. The molecule has 0 aliphatic carbocycles. The normalized spacial score (nSPS) is 12.2. The van der Waals surface area contributed by atoms with Gasteiger partial charge < -0.3 is 14.5 Å². The fraction of sp³-hybridized carbons (Fsp3) is 0.389. The Morgan fingerprint density at radius 2 is 2.04 bits per heavy atom. The van der Waals surface area contributed by atoms with E-state index in [-0.39, 0.29) is 11.9 Å². The number of ether oxygens (including phenoxy) is 1. The second-order valence-corrected chi connectivity index (χ2v) is 6.74. The molecule has 2 aromatic rings. The molecule has 0 aliphatic heterocycles. The number of amides is 1. The largest absolute Gasteiger partial charge is 0.497 e. The van der Waals surface area contributed by atoms with Crippen LogP contribution in [0.15, 0.2) is 52.0 Å². The Balaban J connectivity index is 1.72. The third-order valence-electron chi connectivity index (χ3n) is 3.64. The molecule has 1 heterocycles. The lowest BCUT2D eigenvalue weighted by atomic mass is 10.2. The summed E-state index contributed by atoms with van der Waals surface area (Å²) >= 11 is 1.66. The molecule has 1 N–H and O–H groups in total. The number of carbonyl (C=O) groups excluding carboxylic acids is 1. The van der Waals surface area contributed by atoms with Gasteiger partial charge in [-0.25, -0.2) is 0 Å². The van der Waals surface area contributed by atoms with Gasteiger partial charge >= 0.3 is 0 Å². The zero-order valence-electron chi connectivity index (χ0n) is 14.3. The van der Waals surface area contributed by atoms with Gasteiger partial charge in [0, 0.05) is 23.6 Å². The molecule has 2 rings (SSSR count). The molecular weight excluding hydrogens is 324 g/mol. The molecule has 1 unspecified atom stereocenters.